The maximum atomic E-state index is 12.7. The highest BCUT2D eigenvalue weighted by Crippen LogP contribution is 2.33. The average molecular weight is 447 g/mol. The van der Waals surface area contributed by atoms with E-state index in [-0.39, 0.29) is 5.56 Å². The van der Waals surface area contributed by atoms with Crippen molar-refractivity contribution in [1.82, 2.24) is 4.90 Å². The van der Waals surface area contributed by atoms with E-state index in [0.29, 0.717) is 30.4 Å². The molecular formula is C26H26N2O5. The summed E-state index contributed by atoms with van der Waals surface area (Å²) >= 11 is 0. The van der Waals surface area contributed by atoms with Gasteiger partial charge in [-0.15, -0.1) is 0 Å². The summed E-state index contributed by atoms with van der Waals surface area (Å²) in [4.78, 5) is 39.2. The fourth-order valence-corrected chi connectivity index (χ4v) is 4.58. The van der Waals surface area contributed by atoms with Gasteiger partial charge in [-0.1, -0.05) is 49.6 Å². The molecule has 1 aliphatic heterocycles. The number of esters is 2. The van der Waals surface area contributed by atoms with E-state index >= 15 is 0 Å². The number of ether oxygens (including phenoxy) is 2. The Balaban J connectivity index is 1.43. The van der Waals surface area contributed by atoms with Crippen molar-refractivity contribution in [3.05, 3.63) is 70.8 Å². The summed E-state index contributed by atoms with van der Waals surface area (Å²) in [7, 11) is 1.60. The van der Waals surface area contributed by atoms with Crippen molar-refractivity contribution in [3.8, 4) is 6.07 Å². The second-order valence-electron chi connectivity index (χ2n) is 8.61. The van der Waals surface area contributed by atoms with E-state index in [4.69, 9.17) is 9.47 Å². The van der Waals surface area contributed by atoms with E-state index in [2.05, 4.69) is 6.07 Å². The normalized spacial score (nSPS) is 18.9. The third kappa shape index (κ3) is 4.61. The van der Waals surface area contributed by atoms with Gasteiger partial charge in [0.05, 0.1) is 17.2 Å². The second kappa shape index (κ2) is 9.45. The van der Waals surface area contributed by atoms with Crippen molar-refractivity contribution in [2.45, 2.75) is 50.2 Å². The summed E-state index contributed by atoms with van der Waals surface area (Å²) < 4.78 is 10.8. The van der Waals surface area contributed by atoms with Gasteiger partial charge in [-0.25, -0.2) is 9.59 Å². The number of carbonyl (C=O) groups excluding carboxylic acids is 3. The van der Waals surface area contributed by atoms with Crippen LogP contribution in [0.1, 0.15) is 70.1 Å². The number of hydrogen-bond acceptors (Lipinski definition) is 6. The van der Waals surface area contributed by atoms with Crippen molar-refractivity contribution in [1.29, 1.82) is 5.26 Å². The van der Waals surface area contributed by atoms with Gasteiger partial charge in [0.25, 0.3) is 5.91 Å². The molecule has 2 aromatic carbocycles. The zero-order valence-corrected chi connectivity index (χ0v) is 18.6. The van der Waals surface area contributed by atoms with Gasteiger partial charge in [0.15, 0.2) is 6.61 Å². The Bertz CT molecular complexity index is 1100. The van der Waals surface area contributed by atoms with Crippen molar-refractivity contribution >= 4 is 17.8 Å². The lowest BCUT2D eigenvalue weighted by Gasteiger charge is -2.38. The summed E-state index contributed by atoms with van der Waals surface area (Å²) in [6, 6.07) is 16.4. The molecule has 1 heterocycles. The first kappa shape index (κ1) is 22.5. The first-order chi connectivity index (χ1) is 15.9. The van der Waals surface area contributed by atoms with E-state index in [1.807, 2.05) is 30.3 Å². The number of likely N-dealkylation sites (N-methyl/N-ethyl adjacent to an activating group) is 1. The fraction of sp³-hybridized carbons (Fsp3) is 0.385. The summed E-state index contributed by atoms with van der Waals surface area (Å²) in [5.41, 5.74) is 1.43. The van der Waals surface area contributed by atoms with Gasteiger partial charge in [-0.05, 0) is 42.2 Å². The standard InChI is InChI=1S/C26H26N2O5/c1-28(26(17-27)12-6-3-7-13-26)23(29)16-32-24(30)19-10-11-21-20(14-19)15-22(33-25(21)31)18-8-4-2-5-9-18/h2,4-5,8-11,14,22H,3,6-7,12-13,15-16H2,1H3. The quantitative estimate of drug-likeness (QED) is 0.645. The highest BCUT2D eigenvalue weighted by Gasteiger charge is 2.39. The molecule has 0 spiro atoms. The Morgan fingerprint density at radius 3 is 2.58 bits per heavy atom. The zero-order chi connectivity index (χ0) is 23.4. The van der Waals surface area contributed by atoms with Crippen LogP contribution in [0.2, 0.25) is 0 Å². The van der Waals surface area contributed by atoms with Crippen LogP contribution in [0.15, 0.2) is 48.5 Å². The highest BCUT2D eigenvalue weighted by atomic mass is 16.5. The Morgan fingerprint density at radius 2 is 1.88 bits per heavy atom. The van der Waals surface area contributed by atoms with Crippen LogP contribution in [-0.2, 0) is 20.7 Å². The lowest BCUT2D eigenvalue weighted by molar-refractivity contribution is -0.138. The molecule has 0 radical (unpaired) electrons. The molecule has 1 saturated carbocycles. The molecular weight excluding hydrogens is 420 g/mol. The molecule has 1 fully saturated rings. The minimum absolute atomic E-state index is 0.262. The number of nitriles is 1. The smallest absolute Gasteiger partial charge is 0.339 e. The summed E-state index contributed by atoms with van der Waals surface area (Å²) in [6.07, 6.45) is 4.12. The topological polar surface area (TPSA) is 96.7 Å². The maximum Gasteiger partial charge on any atom is 0.339 e. The summed E-state index contributed by atoms with van der Waals surface area (Å²) in [5, 5.41) is 9.66. The van der Waals surface area contributed by atoms with E-state index in [1.54, 1.807) is 19.2 Å². The van der Waals surface area contributed by atoms with Crippen molar-refractivity contribution < 1.29 is 23.9 Å². The zero-order valence-electron chi connectivity index (χ0n) is 18.6. The van der Waals surface area contributed by atoms with Crippen LogP contribution < -0.4 is 0 Å². The monoisotopic (exact) mass is 446 g/mol. The molecule has 7 heteroatoms. The van der Waals surface area contributed by atoms with Gasteiger partial charge >= 0.3 is 11.9 Å². The van der Waals surface area contributed by atoms with Gasteiger partial charge in [0.2, 0.25) is 0 Å². The van der Waals surface area contributed by atoms with Crippen LogP contribution >= 0.6 is 0 Å². The number of amides is 1. The lowest BCUT2D eigenvalue weighted by Crippen LogP contribution is -2.51. The number of rotatable bonds is 5. The van der Waals surface area contributed by atoms with Gasteiger partial charge in [0, 0.05) is 13.5 Å². The summed E-state index contributed by atoms with van der Waals surface area (Å²) in [6.45, 7) is -0.440. The SMILES string of the molecule is CN(C(=O)COC(=O)c1ccc2c(c1)CC(c1ccccc1)OC2=O)C1(C#N)CCCCC1. The van der Waals surface area contributed by atoms with Crippen molar-refractivity contribution in [3.63, 3.8) is 0 Å². The molecule has 4 rings (SSSR count). The molecule has 1 unspecified atom stereocenters. The third-order valence-electron chi connectivity index (χ3n) is 6.62. The number of cyclic esters (lactones) is 1. The molecule has 33 heavy (non-hydrogen) atoms. The third-order valence-corrected chi connectivity index (χ3v) is 6.62. The van der Waals surface area contributed by atoms with Crippen molar-refractivity contribution in [2.24, 2.45) is 0 Å². The van der Waals surface area contributed by atoms with Crippen LogP contribution in [0.3, 0.4) is 0 Å². The van der Waals surface area contributed by atoms with E-state index < -0.39 is 36.1 Å². The molecule has 2 aliphatic rings. The van der Waals surface area contributed by atoms with Crippen LogP contribution in [0.25, 0.3) is 0 Å². The Labute approximate surface area is 192 Å². The molecule has 2 aromatic rings. The maximum absolute atomic E-state index is 12.7. The number of fused-ring (bicyclic) bond motifs is 1. The minimum atomic E-state index is -0.833. The Kier molecular flexibility index (Phi) is 6.45. The number of nitrogens with zero attached hydrogens (tertiary/aromatic N) is 2. The molecule has 0 N–H and O–H groups in total. The van der Waals surface area contributed by atoms with Crippen LogP contribution in [0.4, 0.5) is 0 Å². The first-order valence-electron chi connectivity index (χ1n) is 11.2. The predicted molar refractivity (Wildman–Crippen MR) is 119 cm³/mol. The average Bonchev–Trinajstić information content (AvgIpc) is 2.87. The van der Waals surface area contributed by atoms with Gasteiger partial charge < -0.3 is 14.4 Å². The van der Waals surface area contributed by atoms with E-state index in [1.165, 1.54) is 11.0 Å². The highest BCUT2D eigenvalue weighted by molar-refractivity contribution is 5.96. The molecule has 1 aliphatic carbocycles. The van der Waals surface area contributed by atoms with Crippen molar-refractivity contribution in [2.75, 3.05) is 13.7 Å². The predicted octanol–water partition coefficient (Wildman–Crippen LogP) is 3.98. The fourth-order valence-electron chi connectivity index (χ4n) is 4.58. The van der Waals surface area contributed by atoms with Crippen LogP contribution in [0, 0.1) is 11.3 Å². The molecule has 7 nitrogen and oxygen atoms in total. The molecule has 0 bridgehead atoms. The first-order valence-corrected chi connectivity index (χ1v) is 11.2. The van der Waals surface area contributed by atoms with Gasteiger partial charge in [0.1, 0.15) is 11.6 Å². The van der Waals surface area contributed by atoms with Crippen LogP contribution in [0.5, 0.6) is 0 Å². The second-order valence-corrected chi connectivity index (χ2v) is 8.61. The summed E-state index contributed by atoms with van der Waals surface area (Å²) in [5.74, 6) is -1.49. The van der Waals surface area contributed by atoms with Crippen LogP contribution in [-0.4, -0.2) is 41.9 Å². The Morgan fingerprint density at radius 1 is 1.15 bits per heavy atom. The molecule has 1 amide bonds. The number of benzene rings is 2. The van der Waals surface area contributed by atoms with Gasteiger partial charge in [-0.3, -0.25) is 4.79 Å². The van der Waals surface area contributed by atoms with E-state index in [0.717, 1.165) is 24.8 Å². The molecule has 170 valence electrons. The number of carbonyl (C=O) groups is 3. The minimum Gasteiger partial charge on any atom is -0.454 e. The molecule has 1 atom stereocenters. The number of hydrogen-bond donors (Lipinski definition) is 0. The largest absolute Gasteiger partial charge is 0.454 e. The van der Waals surface area contributed by atoms with Gasteiger partial charge in [-0.2, -0.15) is 5.26 Å². The lowest BCUT2D eigenvalue weighted by atomic mass is 9.81. The molecule has 0 saturated heterocycles. The molecule has 0 aromatic heterocycles. The van der Waals surface area contributed by atoms with E-state index in [9.17, 15) is 19.6 Å². The Hall–Kier alpha value is -3.66.